The van der Waals surface area contributed by atoms with Gasteiger partial charge < -0.3 is 31.2 Å². The van der Waals surface area contributed by atoms with Crippen LogP contribution in [0, 0.1) is 0 Å². The third-order valence-electron chi connectivity index (χ3n) is 4.72. The van der Waals surface area contributed by atoms with Crippen LogP contribution in [0.3, 0.4) is 0 Å². The van der Waals surface area contributed by atoms with Gasteiger partial charge in [-0.3, -0.25) is 4.79 Å². The van der Waals surface area contributed by atoms with E-state index < -0.39 is 0 Å². The molecule has 0 spiro atoms. The Hall–Kier alpha value is -4.65. The van der Waals surface area contributed by atoms with Gasteiger partial charge in [0.05, 0.1) is 16.9 Å². The summed E-state index contributed by atoms with van der Waals surface area (Å²) in [6, 6.07) is 22.5. The molecule has 0 aromatic heterocycles. The maximum absolute atomic E-state index is 13.1. The van der Waals surface area contributed by atoms with E-state index in [1.54, 1.807) is 66.7 Å². The minimum Gasteiger partial charge on any atom is -0.506 e. The van der Waals surface area contributed by atoms with Crippen molar-refractivity contribution in [2.45, 2.75) is 0 Å². The first-order valence-electron chi connectivity index (χ1n) is 9.67. The fourth-order valence-electron chi connectivity index (χ4n) is 3.01. The number of nitrogens with two attached hydrogens (primary N) is 2. The number of hydrogen-bond acceptors (Lipinski definition) is 7. The van der Waals surface area contributed by atoms with Crippen molar-refractivity contribution in [2.24, 2.45) is 0 Å². The van der Waals surface area contributed by atoms with Gasteiger partial charge in [0, 0.05) is 17.7 Å². The number of anilines is 2. The number of aromatic hydroxyl groups is 2. The van der Waals surface area contributed by atoms with E-state index >= 15 is 0 Å². The monoisotopic (exact) mass is 428 g/mol. The number of phenols is 2. The van der Waals surface area contributed by atoms with E-state index in [-0.39, 0.29) is 28.7 Å². The molecule has 7 nitrogen and oxygen atoms in total. The van der Waals surface area contributed by atoms with E-state index in [0.29, 0.717) is 34.1 Å². The molecular weight excluding hydrogens is 408 g/mol. The van der Waals surface area contributed by atoms with E-state index in [0.717, 1.165) is 0 Å². The van der Waals surface area contributed by atoms with Crippen molar-refractivity contribution in [1.29, 1.82) is 0 Å². The van der Waals surface area contributed by atoms with Crippen LogP contribution in [0.25, 0.3) is 0 Å². The lowest BCUT2D eigenvalue weighted by molar-refractivity contribution is 0.103. The lowest BCUT2D eigenvalue weighted by Crippen LogP contribution is -2.03. The summed E-state index contributed by atoms with van der Waals surface area (Å²) in [7, 11) is 0. The molecule has 6 N–H and O–H groups in total. The van der Waals surface area contributed by atoms with Gasteiger partial charge in [0.1, 0.15) is 34.5 Å². The van der Waals surface area contributed by atoms with Crippen molar-refractivity contribution in [3.63, 3.8) is 0 Å². The summed E-state index contributed by atoms with van der Waals surface area (Å²) in [4.78, 5) is 13.1. The molecular formula is C25H20N2O5. The minimum absolute atomic E-state index is 0.0691. The van der Waals surface area contributed by atoms with Gasteiger partial charge in [-0.15, -0.1) is 0 Å². The standard InChI is InChI=1S/C25H20N2O5/c26-20-11-9-17(13-22(20)28)31-16-7-5-15(6-8-16)25(30)19-3-1-2-4-24(19)32-18-10-12-21(27)23(29)14-18/h1-14,28-29H,26-27H2. The lowest BCUT2D eigenvalue weighted by Gasteiger charge is -2.12. The average Bonchev–Trinajstić information content (AvgIpc) is 2.79. The Morgan fingerprint density at radius 1 is 0.656 bits per heavy atom. The molecule has 0 saturated heterocycles. The van der Waals surface area contributed by atoms with Crippen LogP contribution in [0.4, 0.5) is 11.4 Å². The fourth-order valence-corrected chi connectivity index (χ4v) is 3.01. The molecule has 0 amide bonds. The number of benzene rings is 4. The molecule has 4 aromatic carbocycles. The molecule has 0 aliphatic heterocycles. The summed E-state index contributed by atoms with van der Waals surface area (Å²) in [5.74, 6) is 1.20. The first-order chi connectivity index (χ1) is 15.4. The summed E-state index contributed by atoms with van der Waals surface area (Å²) in [5, 5.41) is 19.5. The molecule has 4 rings (SSSR count). The largest absolute Gasteiger partial charge is 0.506 e. The van der Waals surface area contributed by atoms with Gasteiger partial charge in [-0.1, -0.05) is 12.1 Å². The number of rotatable bonds is 6. The maximum Gasteiger partial charge on any atom is 0.196 e. The van der Waals surface area contributed by atoms with Gasteiger partial charge >= 0.3 is 0 Å². The summed E-state index contributed by atoms with van der Waals surface area (Å²) in [6.07, 6.45) is 0. The Kier molecular flexibility index (Phi) is 5.55. The molecule has 0 atom stereocenters. The molecule has 0 heterocycles. The average molecular weight is 428 g/mol. The third-order valence-corrected chi connectivity index (χ3v) is 4.72. The van der Waals surface area contributed by atoms with Crippen LogP contribution < -0.4 is 20.9 Å². The Balaban J connectivity index is 1.54. The predicted octanol–water partition coefficient (Wildman–Crippen LogP) is 5.08. The summed E-state index contributed by atoms with van der Waals surface area (Å²) in [5.41, 5.74) is 12.5. The topological polar surface area (TPSA) is 128 Å². The van der Waals surface area contributed by atoms with Gasteiger partial charge in [0.25, 0.3) is 0 Å². The van der Waals surface area contributed by atoms with Crippen LogP contribution in [0.2, 0.25) is 0 Å². The number of carbonyl (C=O) groups is 1. The summed E-state index contributed by atoms with van der Waals surface area (Å²) < 4.78 is 11.5. The van der Waals surface area contributed by atoms with Crippen LogP contribution in [0.5, 0.6) is 34.5 Å². The number of carbonyl (C=O) groups excluding carboxylic acids is 1. The highest BCUT2D eigenvalue weighted by Crippen LogP contribution is 2.32. The minimum atomic E-state index is -0.239. The Morgan fingerprint density at radius 2 is 1.19 bits per heavy atom. The number of nitrogen functional groups attached to an aromatic ring is 2. The molecule has 32 heavy (non-hydrogen) atoms. The molecule has 0 radical (unpaired) electrons. The molecule has 0 aliphatic carbocycles. The number of phenolic OH excluding ortho intramolecular Hbond substituents is 2. The highest BCUT2D eigenvalue weighted by molar-refractivity contribution is 6.10. The second kappa shape index (κ2) is 8.61. The van der Waals surface area contributed by atoms with Gasteiger partial charge in [0.2, 0.25) is 0 Å². The van der Waals surface area contributed by atoms with E-state index in [9.17, 15) is 15.0 Å². The van der Waals surface area contributed by atoms with E-state index in [1.807, 2.05) is 0 Å². The highest BCUT2D eigenvalue weighted by atomic mass is 16.5. The third kappa shape index (κ3) is 4.41. The lowest BCUT2D eigenvalue weighted by atomic mass is 10.0. The Morgan fingerprint density at radius 3 is 1.78 bits per heavy atom. The molecule has 0 saturated carbocycles. The number of para-hydroxylation sites is 1. The van der Waals surface area contributed by atoms with Crippen molar-refractivity contribution in [3.8, 4) is 34.5 Å². The molecule has 0 bridgehead atoms. The quantitative estimate of drug-likeness (QED) is 0.192. The highest BCUT2D eigenvalue weighted by Gasteiger charge is 2.16. The number of hydrogen-bond donors (Lipinski definition) is 4. The summed E-state index contributed by atoms with van der Waals surface area (Å²) >= 11 is 0. The zero-order valence-corrected chi connectivity index (χ0v) is 16.9. The van der Waals surface area contributed by atoms with Crippen molar-refractivity contribution in [2.75, 3.05) is 11.5 Å². The van der Waals surface area contributed by atoms with Gasteiger partial charge in [0.15, 0.2) is 5.78 Å². The fraction of sp³-hybridized carbons (Fsp3) is 0. The molecule has 4 aromatic rings. The number of ketones is 1. The Bertz CT molecular complexity index is 1290. The van der Waals surface area contributed by atoms with Crippen molar-refractivity contribution in [3.05, 3.63) is 96.1 Å². The van der Waals surface area contributed by atoms with E-state index in [1.165, 1.54) is 18.2 Å². The van der Waals surface area contributed by atoms with Crippen molar-refractivity contribution >= 4 is 17.2 Å². The van der Waals surface area contributed by atoms with Crippen LogP contribution in [0.15, 0.2) is 84.9 Å². The van der Waals surface area contributed by atoms with Gasteiger partial charge in [-0.05, 0) is 60.7 Å². The summed E-state index contributed by atoms with van der Waals surface area (Å²) in [6.45, 7) is 0. The second-order valence-electron chi connectivity index (χ2n) is 7.00. The SMILES string of the molecule is Nc1ccc(Oc2ccc(C(=O)c3ccccc3Oc3ccc(N)c(O)c3)cc2)cc1O. The molecule has 7 heteroatoms. The van der Waals surface area contributed by atoms with Crippen LogP contribution in [-0.2, 0) is 0 Å². The Labute approximate surface area is 184 Å². The van der Waals surface area contributed by atoms with Gasteiger partial charge in [-0.25, -0.2) is 0 Å². The number of ether oxygens (including phenoxy) is 2. The molecule has 0 fully saturated rings. The first-order valence-corrected chi connectivity index (χ1v) is 9.67. The predicted molar refractivity (Wildman–Crippen MR) is 122 cm³/mol. The zero-order chi connectivity index (χ0) is 22.7. The smallest absolute Gasteiger partial charge is 0.196 e. The molecule has 0 aliphatic rings. The van der Waals surface area contributed by atoms with E-state index in [4.69, 9.17) is 20.9 Å². The molecule has 0 unspecified atom stereocenters. The van der Waals surface area contributed by atoms with Gasteiger partial charge in [-0.2, -0.15) is 0 Å². The maximum atomic E-state index is 13.1. The van der Waals surface area contributed by atoms with Crippen LogP contribution >= 0.6 is 0 Å². The molecule has 160 valence electrons. The zero-order valence-electron chi connectivity index (χ0n) is 16.9. The van der Waals surface area contributed by atoms with Crippen LogP contribution in [0.1, 0.15) is 15.9 Å². The van der Waals surface area contributed by atoms with Crippen molar-refractivity contribution < 1.29 is 24.5 Å². The normalized spacial score (nSPS) is 10.5. The first kappa shape index (κ1) is 20.6. The van der Waals surface area contributed by atoms with E-state index in [2.05, 4.69) is 0 Å². The second-order valence-corrected chi connectivity index (χ2v) is 7.00. The van der Waals surface area contributed by atoms with Crippen molar-refractivity contribution in [1.82, 2.24) is 0 Å². The van der Waals surface area contributed by atoms with Crippen LogP contribution in [-0.4, -0.2) is 16.0 Å².